The van der Waals surface area contributed by atoms with Crippen molar-refractivity contribution in [2.45, 2.75) is 18.8 Å². The fourth-order valence-corrected chi connectivity index (χ4v) is 4.43. The maximum Gasteiger partial charge on any atom is 0.245 e. The number of aliphatic hydroxyl groups is 1. The molecule has 0 atom stereocenters. The monoisotopic (exact) mass is 444 g/mol. The Balaban J connectivity index is 1.30. The molecule has 5 rings (SSSR count). The number of β-amino-alcohol motifs (C(OH)–C–C–N with tert-alkyl or cyclic N) is 1. The first-order chi connectivity index (χ1) is 16.2. The van der Waals surface area contributed by atoms with Crippen LogP contribution in [0.2, 0.25) is 0 Å². The Kier molecular flexibility index (Phi) is 6.19. The number of likely N-dealkylation sites (tertiary alicyclic amines) is 1. The van der Waals surface area contributed by atoms with E-state index in [0.717, 1.165) is 54.9 Å². The number of hydrogen-bond donors (Lipinski definition) is 2. The number of fused-ring (bicyclic) bond motifs is 1. The zero-order valence-corrected chi connectivity index (χ0v) is 18.7. The van der Waals surface area contributed by atoms with Crippen molar-refractivity contribution in [1.29, 1.82) is 0 Å². The van der Waals surface area contributed by atoms with Crippen LogP contribution in [0.1, 0.15) is 24.3 Å². The summed E-state index contributed by atoms with van der Waals surface area (Å²) in [6.07, 6.45) is 5.85. The summed E-state index contributed by atoms with van der Waals surface area (Å²) in [5.74, 6) is 1.68. The third-order valence-corrected chi connectivity index (χ3v) is 6.28. The number of hydrogen-bond acceptors (Lipinski definition) is 7. The lowest BCUT2D eigenvalue weighted by Gasteiger charge is -2.31. The van der Waals surface area contributed by atoms with Crippen LogP contribution in [0.3, 0.4) is 0 Å². The largest absolute Gasteiger partial charge is 0.481 e. The summed E-state index contributed by atoms with van der Waals surface area (Å²) in [5, 5.41) is 17.1. The summed E-state index contributed by atoms with van der Waals surface area (Å²) in [7, 11) is 1.61. The molecule has 4 aromatic rings. The summed E-state index contributed by atoms with van der Waals surface area (Å²) in [6, 6.07) is 16.4. The fourth-order valence-electron chi connectivity index (χ4n) is 4.43. The lowest BCUT2D eigenvalue weighted by molar-refractivity contribution is 0.164. The standard InChI is InChI=1S/C25H28N6O2/c1-33-24-9-4-20(16-26-24)23-8-7-22-17-27-25(29-31(22)23)28-21-5-2-18(3-6-21)19-10-12-30(13-11-19)14-15-32/h2-9,16-17,19,32H,10-15H2,1H3,(H,28,29). The molecule has 33 heavy (non-hydrogen) atoms. The third-order valence-electron chi connectivity index (χ3n) is 6.28. The van der Waals surface area contributed by atoms with Crippen LogP contribution in [-0.4, -0.2) is 62.9 Å². The van der Waals surface area contributed by atoms with Gasteiger partial charge in [0, 0.05) is 30.1 Å². The summed E-state index contributed by atoms with van der Waals surface area (Å²) >= 11 is 0. The Labute approximate surface area is 192 Å². The molecule has 0 spiro atoms. The van der Waals surface area contributed by atoms with Gasteiger partial charge in [-0.3, -0.25) is 0 Å². The van der Waals surface area contributed by atoms with Crippen molar-refractivity contribution < 1.29 is 9.84 Å². The molecule has 8 heteroatoms. The maximum absolute atomic E-state index is 9.12. The van der Waals surface area contributed by atoms with Crippen LogP contribution >= 0.6 is 0 Å². The van der Waals surface area contributed by atoms with Gasteiger partial charge in [0.05, 0.1) is 31.1 Å². The average molecular weight is 445 g/mol. The van der Waals surface area contributed by atoms with Gasteiger partial charge in [0.25, 0.3) is 0 Å². The molecule has 1 aliphatic rings. The molecule has 0 bridgehead atoms. The van der Waals surface area contributed by atoms with Crippen LogP contribution in [0.25, 0.3) is 16.8 Å². The maximum atomic E-state index is 9.12. The fraction of sp³-hybridized carbons (Fsp3) is 0.320. The SMILES string of the molecule is COc1ccc(-c2ccc3cnc(Nc4ccc(C5CCN(CCO)CC5)cc4)nn23)cn1. The van der Waals surface area contributed by atoms with E-state index in [0.29, 0.717) is 17.7 Å². The van der Waals surface area contributed by atoms with Crippen molar-refractivity contribution in [3.05, 3.63) is 66.5 Å². The molecule has 0 radical (unpaired) electrons. The van der Waals surface area contributed by atoms with Gasteiger partial charge in [-0.25, -0.2) is 14.5 Å². The van der Waals surface area contributed by atoms with Crippen LogP contribution in [0.5, 0.6) is 5.88 Å². The lowest BCUT2D eigenvalue weighted by Crippen LogP contribution is -2.34. The van der Waals surface area contributed by atoms with Crippen LogP contribution in [0, 0.1) is 0 Å². The predicted molar refractivity (Wildman–Crippen MR) is 128 cm³/mol. The van der Waals surface area contributed by atoms with Gasteiger partial charge in [0.15, 0.2) is 0 Å². The van der Waals surface area contributed by atoms with Gasteiger partial charge in [-0.1, -0.05) is 12.1 Å². The number of ether oxygens (including phenoxy) is 1. The van der Waals surface area contributed by atoms with Gasteiger partial charge in [-0.15, -0.1) is 5.10 Å². The molecule has 1 fully saturated rings. The van der Waals surface area contributed by atoms with Crippen molar-refractivity contribution in [3.63, 3.8) is 0 Å². The molecule has 0 unspecified atom stereocenters. The highest BCUT2D eigenvalue weighted by molar-refractivity contribution is 5.66. The number of methoxy groups -OCH3 is 1. The number of pyridine rings is 1. The Morgan fingerprint density at radius 2 is 1.82 bits per heavy atom. The van der Waals surface area contributed by atoms with Crippen molar-refractivity contribution in [1.82, 2.24) is 24.5 Å². The zero-order valence-electron chi connectivity index (χ0n) is 18.7. The number of aromatic nitrogens is 4. The number of nitrogens with one attached hydrogen (secondary N) is 1. The molecule has 0 aliphatic carbocycles. The molecular formula is C25H28N6O2. The van der Waals surface area contributed by atoms with E-state index in [1.165, 1.54) is 5.56 Å². The molecule has 170 valence electrons. The van der Waals surface area contributed by atoms with E-state index in [4.69, 9.17) is 14.9 Å². The van der Waals surface area contributed by atoms with Gasteiger partial charge in [-0.2, -0.15) is 0 Å². The highest BCUT2D eigenvalue weighted by atomic mass is 16.5. The van der Waals surface area contributed by atoms with E-state index in [1.807, 2.05) is 35.0 Å². The molecule has 1 saturated heterocycles. The Bertz CT molecular complexity index is 1200. The van der Waals surface area contributed by atoms with Crippen LogP contribution in [-0.2, 0) is 0 Å². The number of benzene rings is 1. The van der Waals surface area contributed by atoms with Crippen LogP contribution in [0.15, 0.2) is 60.9 Å². The predicted octanol–water partition coefficient (Wildman–Crippen LogP) is 3.72. The van der Waals surface area contributed by atoms with Crippen molar-refractivity contribution in [3.8, 4) is 17.1 Å². The summed E-state index contributed by atoms with van der Waals surface area (Å²) in [6.45, 7) is 3.10. The minimum atomic E-state index is 0.236. The lowest BCUT2D eigenvalue weighted by atomic mass is 9.89. The third kappa shape index (κ3) is 4.67. The van der Waals surface area contributed by atoms with Crippen LogP contribution in [0.4, 0.5) is 11.6 Å². The van der Waals surface area contributed by atoms with E-state index in [9.17, 15) is 0 Å². The second-order valence-electron chi connectivity index (χ2n) is 8.31. The smallest absolute Gasteiger partial charge is 0.245 e. The number of aliphatic hydroxyl groups excluding tert-OH is 1. The van der Waals surface area contributed by atoms with Crippen molar-refractivity contribution in [2.75, 3.05) is 38.7 Å². The number of anilines is 2. The van der Waals surface area contributed by atoms with E-state index in [1.54, 1.807) is 13.3 Å². The average Bonchev–Trinajstić information content (AvgIpc) is 3.29. The first-order valence-electron chi connectivity index (χ1n) is 11.3. The van der Waals surface area contributed by atoms with E-state index in [2.05, 4.69) is 44.5 Å². The Morgan fingerprint density at radius 1 is 1.00 bits per heavy atom. The van der Waals surface area contributed by atoms with Gasteiger partial charge < -0.3 is 20.1 Å². The van der Waals surface area contributed by atoms with E-state index in [-0.39, 0.29) is 6.61 Å². The molecule has 1 aliphatic heterocycles. The molecule has 1 aromatic carbocycles. The molecule has 0 saturated carbocycles. The minimum absolute atomic E-state index is 0.236. The minimum Gasteiger partial charge on any atom is -0.481 e. The van der Waals surface area contributed by atoms with E-state index >= 15 is 0 Å². The van der Waals surface area contributed by atoms with Crippen molar-refractivity contribution in [2.24, 2.45) is 0 Å². The zero-order chi connectivity index (χ0) is 22.6. The van der Waals surface area contributed by atoms with Gasteiger partial charge in [-0.05, 0) is 67.7 Å². The van der Waals surface area contributed by atoms with Crippen LogP contribution < -0.4 is 10.1 Å². The highest BCUT2D eigenvalue weighted by Gasteiger charge is 2.20. The second-order valence-corrected chi connectivity index (χ2v) is 8.31. The Hall–Kier alpha value is -3.49. The summed E-state index contributed by atoms with van der Waals surface area (Å²) in [4.78, 5) is 11.1. The van der Waals surface area contributed by atoms with Crippen molar-refractivity contribution >= 4 is 17.2 Å². The van der Waals surface area contributed by atoms with Gasteiger partial charge in [0.2, 0.25) is 11.8 Å². The second kappa shape index (κ2) is 9.56. The quantitative estimate of drug-likeness (QED) is 0.449. The van der Waals surface area contributed by atoms with Gasteiger partial charge in [0.1, 0.15) is 0 Å². The molecule has 0 amide bonds. The number of rotatable bonds is 7. The highest BCUT2D eigenvalue weighted by Crippen LogP contribution is 2.29. The first-order valence-corrected chi connectivity index (χ1v) is 11.3. The Morgan fingerprint density at radius 3 is 2.52 bits per heavy atom. The molecular weight excluding hydrogens is 416 g/mol. The number of nitrogens with zero attached hydrogens (tertiary/aromatic N) is 5. The normalized spacial score (nSPS) is 15.1. The van der Waals surface area contributed by atoms with E-state index < -0.39 is 0 Å². The van der Waals surface area contributed by atoms with Gasteiger partial charge >= 0.3 is 0 Å². The topological polar surface area (TPSA) is 87.8 Å². The summed E-state index contributed by atoms with van der Waals surface area (Å²) in [5.41, 5.74) is 5.12. The molecule has 3 aromatic heterocycles. The molecule has 8 nitrogen and oxygen atoms in total. The molecule has 4 heterocycles. The first kappa shape index (κ1) is 21.4. The molecule has 2 N–H and O–H groups in total. The number of piperidine rings is 1. The summed E-state index contributed by atoms with van der Waals surface area (Å²) < 4.78 is 7.02.